The van der Waals surface area contributed by atoms with E-state index in [1.807, 2.05) is 6.07 Å². The summed E-state index contributed by atoms with van der Waals surface area (Å²) in [5, 5.41) is 12.5. The molecule has 1 unspecified atom stereocenters. The molecule has 0 bridgehead atoms. The number of benzene rings is 1. The zero-order valence-corrected chi connectivity index (χ0v) is 10.7. The number of rotatable bonds is 2. The Hall–Kier alpha value is -1.16. The Kier molecular flexibility index (Phi) is 3.94. The number of aromatic hydroxyl groups is 1. The van der Waals surface area contributed by atoms with Crippen LogP contribution in [0.15, 0.2) is 18.2 Å². The molecule has 2 rings (SSSR count). The molecule has 1 heterocycles. The van der Waals surface area contributed by atoms with Gasteiger partial charge in [-0.25, -0.2) is 0 Å². The van der Waals surface area contributed by atoms with E-state index in [0.717, 1.165) is 24.2 Å². The van der Waals surface area contributed by atoms with Crippen LogP contribution in [-0.2, 0) is 4.79 Å². The number of thioether (sulfide) groups is 1. The number of amides is 1. The Morgan fingerprint density at radius 1 is 1.47 bits per heavy atom. The second-order valence-electron chi connectivity index (χ2n) is 4.29. The maximum atomic E-state index is 12.0. The summed E-state index contributed by atoms with van der Waals surface area (Å²) in [5.74, 6) is 1.35. The molecule has 0 saturated carbocycles. The van der Waals surface area contributed by atoms with E-state index in [1.54, 1.807) is 30.8 Å². The van der Waals surface area contributed by atoms with Gasteiger partial charge < -0.3 is 10.4 Å². The van der Waals surface area contributed by atoms with Crippen molar-refractivity contribution in [3.8, 4) is 5.75 Å². The van der Waals surface area contributed by atoms with Gasteiger partial charge >= 0.3 is 0 Å². The average molecular weight is 251 g/mol. The normalized spacial score (nSPS) is 19.9. The van der Waals surface area contributed by atoms with Crippen LogP contribution in [-0.4, -0.2) is 22.0 Å². The molecule has 1 atom stereocenters. The molecule has 17 heavy (non-hydrogen) atoms. The molecule has 3 nitrogen and oxygen atoms in total. The van der Waals surface area contributed by atoms with Gasteiger partial charge in [0.05, 0.1) is 5.25 Å². The Bertz CT molecular complexity index is 414. The third-order valence-electron chi connectivity index (χ3n) is 3.04. The molecule has 1 amide bonds. The number of hydrogen-bond acceptors (Lipinski definition) is 3. The predicted molar refractivity (Wildman–Crippen MR) is 71.6 cm³/mol. The third kappa shape index (κ3) is 2.94. The van der Waals surface area contributed by atoms with Crippen molar-refractivity contribution in [3.63, 3.8) is 0 Å². The summed E-state index contributed by atoms with van der Waals surface area (Å²) < 4.78 is 0. The van der Waals surface area contributed by atoms with Gasteiger partial charge in [-0.1, -0.05) is 12.5 Å². The number of phenolic OH excluding ortho intramolecular Hbond substituents is 1. The highest BCUT2D eigenvalue weighted by Gasteiger charge is 2.22. The Labute approximate surface area is 106 Å². The number of nitrogens with one attached hydrogen (secondary N) is 1. The van der Waals surface area contributed by atoms with E-state index in [9.17, 15) is 9.90 Å². The van der Waals surface area contributed by atoms with Crippen LogP contribution in [0.25, 0.3) is 0 Å². The first-order chi connectivity index (χ1) is 8.18. The van der Waals surface area contributed by atoms with E-state index in [1.165, 1.54) is 6.42 Å². The van der Waals surface area contributed by atoms with Crippen LogP contribution in [0.5, 0.6) is 5.75 Å². The van der Waals surface area contributed by atoms with Crippen LogP contribution in [0.3, 0.4) is 0 Å². The summed E-state index contributed by atoms with van der Waals surface area (Å²) in [6, 6.07) is 5.19. The molecular formula is C13H17NO2S. The molecule has 1 fully saturated rings. The first-order valence-electron chi connectivity index (χ1n) is 5.89. The van der Waals surface area contributed by atoms with Gasteiger partial charge in [-0.05, 0) is 37.7 Å². The largest absolute Gasteiger partial charge is 0.508 e. The van der Waals surface area contributed by atoms with Crippen molar-refractivity contribution in [1.29, 1.82) is 0 Å². The molecule has 4 heteroatoms. The maximum absolute atomic E-state index is 12.0. The maximum Gasteiger partial charge on any atom is 0.237 e. The zero-order valence-electron chi connectivity index (χ0n) is 9.90. The molecule has 1 aliphatic heterocycles. The molecule has 1 aromatic rings. The highest BCUT2D eigenvalue weighted by atomic mass is 32.2. The van der Waals surface area contributed by atoms with Gasteiger partial charge in [0.2, 0.25) is 5.91 Å². The fourth-order valence-electron chi connectivity index (χ4n) is 1.92. The molecule has 2 N–H and O–H groups in total. The molecule has 0 aromatic heterocycles. The lowest BCUT2D eigenvalue weighted by Crippen LogP contribution is -2.27. The van der Waals surface area contributed by atoms with Gasteiger partial charge in [0.15, 0.2) is 0 Å². The van der Waals surface area contributed by atoms with Crippen molar-refractivity contribution in [2.24, 2.45) is 0 Å². The highest BCUT2D eigenvalue weighted by Crippen LogP contribution is 2.28. The number of phenols is 1. The van der Waals surface area contributed by atoms with Crippen molar-refractivity contribution >= 4 is 23.4 Å². The van der Waals surface area contributed by atoms with E-state index in [4.69, 9.17) is 0 Å². The van der Waals surface area contributed by atoms with E-state index in [2.05, 4.69) is 5.32 Å². The van der Waals surface area contributed by atoms with Crippen LogP contribution in [0.4, 0.5) is 5.69 Å². The van der Waals surface area contributed by atoms with Gasteiger partial charge in [0, 0.05) is 11.3 Å². The minimum atomic E-state index is 0.0587. The van der Waals surface area contributed by atoms with Crippen LogP contribution >= 0.6 is 11.8 Å². The standard InChI is InChI=1S/C13H17NO2S/c1-9-10(5-4-6-11(9)15)14-13(16)12-7-2-3-8-17-12/h4-6,12,15H,2-3,7-8H2,1H3,(H,14,16). The summed E-state index contributed by atoms with van der Waals surface area (Å²) in [6.45, 7) is 1.80. The number of carbonyl (C=O) groups is 1. The van der Waals surface area contributed by atoms with E-state index in [-0.39, 0.29) is 16.9 Å². The quantitative estimate of drug-likeness (QED) is 0.849. The van der Waals surface area contributed by atoms with Gasteiger partial charge in [-0.2, -0.15) is 0 Å². The summed E-state index contributed by atoms with van der Waals surface area (Å²) in [7, 11) is 0. The Morgan fingerprint density at radius 2 is 2.29 bits per heavy atom. The Balaban J connectivity index is 2.04. The lowest BCUT2D eigenvalue weighted by Gasteiger charge is -2.21. The molecule has 0 radical (unpaired) electrons. The van der Waals surface area contributed by atoms with Gasteiger partial charge in [0.25, 0.3) is 0 Å². The van der Waals surface area contributed by atoms with Crippen LogP contribution in [0, 0.1) is 6.92 Å². The number of anilines is 1. The molecule has 1 aromatic carbocycles. The summed E-state index contributed by atoms with van der Waals surface area (Å²) in [5.41, 5.74) is 1.43. The summed E-state index contributed by atoms with van der Waals surface area (Å²) >= 11 is 1.73. The fraction of sp³-hybridized carbons (Fsp3) is 0.462. The lowest BCUT2D eigenvalue weighted by atomic mass is 10.1. The van der Waals surface area contributed by atoms with Gasteiger partial charge in [-0.3, -0.25) is 4.79 Å². The molecule has 1 saturated heterocycles. The molecule has 92 valence electrons. The zero-order chi connectivity index (χ0) is 12.3. The lowest BCUT2D eigenvalue weighted by molar-refractivity contribution is -0.115. The predicted octanol–water partition coefficient (Wildman–Crippen LogP) is 2.92. The van der Waals surface area contributed by atoms with Gasteiger partial charge in [0.1, 0.15) is 5.75 Å². The number of hydrogen-bond donors (Lipinski definition) is 2. The molecule has 1 aliphatic rings. The minimum absolute atomic E-state index is 0.0587. The van der Waals surface area contributed by atoms with Crippen molar-refractivity contribution in [1.82, 2.24) is 0 Å². The summed E-state index contributed by atoms with van der Waals surface area (Å²) in [6.07, 6.45) is 3.29. The fourth-order valence-corrected chi connectivity index (χ4v) is 3.12. The van der Waals surface area contributed by atoms with E-state index >= 15 is 0 Å². The third-order valence-corrected chi connectivity index (χ3v) is 4.41. The first kappa shape index (κ1) is 12.3. The molecular weight excluding hydrogens is 234 g/mol. The average Bonchev–Trinajstić information content (AvgIpc) is 2.36. The topological polar surface area (TPSA) is 49.3 Å². The second-order valence-corrected chi connectivity index (χ2v) is 5.60. The van der Waals surface area contributed by atoms with Crippen LogP contribution in [0.1, 0.15) is 24.8 Å². The van der Waals surface area contributed by atoms with Crippen molar-refractivity contribution in [2.45, 2.75) is 31.4 Å². The second kappa shape index (κ2) is 5.45. The molecule has 0 spiro atoms. The van der Waals surface area contributed by atoms with E-state index in [0.29, 0.717) is 5.69 Å². The van der Waals surface area contributed by atoms with Crippen LogP contribution < -0.4 is 5.32 Å². The van der Waals surface area contributed by atoms with Crippen molar-refractivity contribution in [3.05, 3.63) is 23.8 Å². The summed E-state index contributed by atoms with van der Waals surface area (Å²) in [4.78, 5) is 12.0. The molecule has 0 aliphatic carbocycles. The SMILES string of the molecule is Cc1c(O)cccc1NC(=O)C1CCCCS1. The minimum Gasteiger partial charge on any atom is -0.508 e. The number of carbonyl (C=O) groups excluding carboxylic acids is 1. The van der Waals surface area contributed by atoms with Crippen molar-refractivity contribution < 1.29 is 9.90 Å². The van der Waals surface area contributed by atoms with Crippen LogP contribution in [0.2, 0.25) is 0 Å². The highest BCUT2D eigenvalue weighted by molar-refractivity contribution is 8.00. The first-order valence-corrected chi connectivity index (χ1v) is 6.94. The Morgan fingerprint density at radius 3 is 3.00 bits per heavy atom. The monoisotopic (exact) mass is 251 g/mol. The van der Waals surface area contributed by atoms with Gasteiger partial charge in [-0.15, -0.1) is 11.8 Å². The smallest absolute Gasteiger partial charge is 0.237 e. The van der Waals surface area contributed by atoms with E-state index < -0.39 is 0 Å². The van der Waals surface area contributed by atoms with Crippen molar-refractivity contribution in [2.75, 3.05) is 11.1 Å².